The first-order valence-corrected chi connectivity index (χ1v) is 25.4. The number of aliphatic hydroxyl groups excluding tert-OH is 1. The van der Waals surface area contributed by atoms with Crippen LogP contribution in [0.5, 0.6) is 0 Å². The van der Waals surface area contributed by atoms with Crippen molar-refractivity contribution < 1.29 is 62.4 Å². The largest absolute Gasteiger partial charge is 0.394 e. The molecule has 1 aromatic carbocycles. The van der Waals surface area contributed by atoms with E-state index in [-0.39, 0.29) is 56.3 Å². The van der Waals surface area contributed by atoms with Gasteiger partial charge in [0.1, 0.15) is 30.2 Å². The van der Waals surface area contributed by atoms with E-state index in [9.17, 15) is 48.2 Å². The number of likely N-dealkylation sites (tertiary alicyclic amines) is 1. The Morgan fingerprint density at radius 1 is 0.884 bits per heavy atom. The topological polar surface area (TPSA) is 314 Å². The summed E-state index contributed by atoms with van der Waals surface area (Å²) in [6.07, 6.45) is 4.74. The molecule has 69 heavy (non-hydrogen) atoms. The van der Waals surface area contributed by atoms with Crippen molar-refractivity contribution >= 4 is 43.0 Å². The number of hydrogen-bond acceptors (Lipinski definition) is 12. The third-order valence-electron chi connectivity index (χ3n) is 11.5. The Kier molecular flexibility index (Phi) is 23.4. The Bertz CT molecular complexity index is 1990. The van der Waals surface area contributed by atoms with Crippen LogP contribution in [0.2, 0.25) is 0 Å². The van der Waals surface area contributed by atoms with Crippen molar-refractivity contribution in [1.82, 2.24) is 36.1 Å². The van der Waals surface area contributed by atoms with Gasteiger partial charge in [0.25, 0.3) is 0 Å². The van der Waals surface area contributed by atoms with Gasteiger partial charge in [0.15, 0.2) is 0 Å². The van der Waals surface area contributed by atoms with Crippen molar-refractivity contribution in [3.05, 3.63) is 54.1 Å². The summed E-state index contributed by atoms with van der Waals surface area (Å²) < 4.78 is 29.8. The minimum Gasteiger partial charge on any atom is -0.394 e. The first-order valence-electron chi connectivity index (χ1n) is 23.6. The maximum atomic E-state index is 14.3. The lowest BCUT2D eigenvalue weighted by molar-refractivity contribution is -0.141. The smallest absolute Gasteiger partial charge is 0.325 e. The lowest BCUT2D eigenvalue weighted by Gasteiger charge is -2.29. The number of nitrogens with one attached hydrogen (secondary N) is 5. The van der Waals surface area contributed by atoms with Gasteiger partial charge >= 0.3 is 7.60 Å². The second kappa shape index (κ2) is 27.6. The van der Waals surface area contributed by atoms with Crippen LogP contribution in [-0.4, -0.2) is 152 Å². The molecule has 0 aliphatic carbocycles. The Labute approximate surface area is 405 Å². The molecule has 6 amide bonds. The molecule has 7 atom stereocenters. The molecule has 1 aliphatic rings. The summed E-state index contributed by atoms with van der Waals surface area (Å²) in [4.78, 5) is 109. The molecule has 1 unspecified atom stereocenters. The Morgan fingerprint density at radius 2 is 1.54 bits per heavy atom. The summed E-state index contributed by atoms with van der Waals surface area (Å²) in [7, 11) is -4.63. The van der Waals surface area contributed by atoms with E-state index in [0.29, 0.717) is 25.3 Å². The van der Waals surface area contributed by atoms with Gasteiger partial charge in [-0.3, -0.25) is 33.3 Å². The molecular weight excluding hydrogens is 916 g/mol. The van der Waals surface area contributed by atoms with Gasteiger partial charge in [-0.25, -0.2) is 4.98 Å². The number of primary amides is 1. The molecule has 21 nitrogen and oxygen atoms in total. The van der Waals surface area contributed by atoms with E-state index in [1.54, 1.807) is 0 Å². The third kappa shape index (κ3) is 21.8. The van der Waals surface area contributed by atoms with E-state index in [4.69, 9.17) is 19.9 Å². The van der Waals surface area contributed by atoms with E-state index in [0.717, 1.165) is 19.3 Å². The van der Waals surface area contributed by atoms with Gasteiger partial charge in [0, 0.05) is 44.5 Å². The number of aromatic nitrogens is 2. The zero-order valence-electron chi connectivity index (χ0n) is 41.4. The number of rotatable bonds is 30. The molecule has 2 aromatic rings. The van der Waals surface area contributed by atoms with Crippen LogP contribution in [0.1, 0.15) is 105 Å². The van der Waals surface area contributed by atoms with Gasteiger partial charge in [-0.1, -0.05) is 51.1 Å². The Balaban J connectivity index is 1.78. The number of aromatic amines is 1. The highest BCUT2D eigenvalue weighted by molar-refractivity contribution is 7.51. The highest BCUT2D eigenvalue weighted by Crippen LogP contribution is 2.37. The summed E-state index contributed by atoms with van der Waals surface area (Å²) in [5.74, 6) is -6.07. The lowest BCUT2D eigenvalue weighted by atomic mass is 10.0. The molecule has 0 spiro atoms. The molecule has 3 rings (SSSR count). The molecule has 1 aliphatic heterocycles. The van der Waals surface area contributed by atoms with E-state index in [1.807, 2.05) is 66.7 Å². The summed E-state index contributed by atoms with van der Waals surface area (Å²) in [5.41, 5.74) is 6.14. The number of carbonyl (C=O) groups is 6. The van der Waals surface area contributed by atoms with Crippen LogP contribution in [-0.2, 0) is 60.4 Å². The van der Waals surface area contributed by atoms with Crippen LogP contribution in [0.25, 0.3) is 0 Å². The van der Waals surface area contributed by atoms with E-state index < -0.39 is 97.7 Å². The average Bonchev–Trinajstić information content (AvgIpc) is 3.93. The van der Waals surface area contributed by atoms with Crippen LogP contribution in [0.4, 0.5) is 0 Å². The number of benzene rings is 1. The Morgan fingerprint density at radius 3 is 2.13 bits per heavy atom. The number of unbranched alkanes of at least 4 members (excludes halogenated alkanes) is 1. The molecule has 0 bridgehead atoms. The standard InChI is InChI=1S/C47H77N8O13P/c1-30(2)22-35(42(59)51-36(23-33-25-49-29-50-33)43(60)53-37(27-56)44(61)54-40(41(48)58)31(3)28-69(63,64)65)52-45(62)38-24-34(66-19-13-12-16-32-14-10-9-11-15-32)26-55(38)39(57)17-20-68-47(7,8)18-21-67-46(4,5)6/h9-11,14-15,25,29-31,34-38,40,56H,12-13,16-24,26-28H2,1-8H3,(H2,48,58)(H,49,50)(H,51,59)(H,52,62)(H,53,60)(H,54,61)(H2,63,64,65)/t31?,34-,35+,36+,37+,38+,40+/m1/s1. The number of aliphatic hydroxyl groups is 1. The number of carbonyl (C=O) groups excluding carboxylic acids is 6. The molecule has 22 heteroatoms. The molecule has 0 saturated carbocycles. The summed E-state index contributed by atoms with van der Waals surface area (Å²) >= 11 is 0. The van der Waals surface area contributed by atoms with Crippen molar-refractivity contribution in [2.45, 2.75) is 154 Å². The summed E-state index contributed by atoms with van der Waals surface area (Å²) in [6, 6.07) is 3.21. The first-order chi connectivity index (χ1) is 32.3. The quantitative estimate of drug-likeness (QED) is 0.0397. The number of nitrogens with two attached hydrogens (primary N) is 1. The van der Waals surface area contributed by atoms with Crippen LogP contribution in [0.3, 0.4) is 0 Å². The molecule has 2 heterocycles. The third-order valence-corrected chi connectivity index (χ3v) is 12.5. The molecule has 1 saturated heterocycles. The van der Waals surface area contributed by atoms with Gasteiger partial charge in [-0.2, -0.15) is 0 Å². The Hall–Kier alpha value is -4.76. The van der Waals surface area contributed by atoms with Crippen molar-refractivity contribution in [3.63, 3.8) is 0 Å². The molecule has 1 fully saturated rings. The minimum atomic E-state index is -4.63. The first kappa shape index (κ1) is 58.6. The van der Waals surface area contributed by atoms with Gasteiger partial charge < -0.3 is 66.0 Å². The average molecular weight is 993 g/mol. The minimum absolute atomic E-state index is 0.0140. The van der Waals surface area contributed by atoms with Crippen LogP contribution in [0.15, 0.2) is 42.9 Å². The maximum absolute atomic E-state index is 14.3. The maximum Gasteiger partial charge on any atom is 0.325 e. The van der Waals surface area contributed by atoms with Crippen molar-refractivity contribution in [2.75, 3.05) is 39.1 Å². The van der Waals surface area contributed by atoms with Crippen molar-refractivity contribution in [2.24, 2.45) is 17.6 Å². The zero-order valence-corrected chi connectivity index (χ0v) is 42.3. The zero-order chi connectivity index (χ0) is 51.5. The van der Waals surface area contributed by atoms with E-state index in [2.05, 4.69) is 43.4 Å². The second-order valence-electron chi connectivity index (χ2n) is 19.8. The number of imidazole rings is 1. The highest BCUT2D eigenvalue weighted by Gasteiger charge is 2.42. The molecule has 1 aromatic heterocycles. The number of amides is 6. The fraction of sp³-hybridized carbons (Fsp3) is 0.681. The normalized spacial score (nSPS) is 17.7. The number of H-pyrrole nitrogens is 1. The van der Waals surface area contributed by atoms with E-state index in [1.165, 1.54) is 29.9 Å². The summed E-state index contributed by atoms with van der Waals surface area (Å²) in [6.45, 7) is 14.9. The van der Waals surface area contributed by atoms with Crippen LogP contribution in [0, 0.1) is 11.8 Å². The number of hydrogen-bond donors (Lipinski definition) is 9. The second-order valence-corrected chi connectivity index (χ2v) is 21.5. The predicted molar refractivity (Wildman–Crippen MR) is 256 cm³/mol. The highest BCUT2D eigenvalue weighted by atomic mass is 31.2. The molecule has 0 radical (unpaired) electrons. The van der Waals surface area contributed by atoms with Crippen LogP contribution >= 0.6 is 7.60 Å². The molecule has 388 valence electrons. The fourth-order valence-electron chi connectivity index (χ4n) is 7.76. The van der Waals surface area contributed by atoms with Crippen molar-refractivity contribution in [3.8, 4) is 0 Å². The van der Waals surface area contributed by atoms with Crippen LogP contribution < -0.4 is 27.0 Å². The lowest BCUT2D eigenvalue weighted by Crippen LogP contribution is -2.60. The van der Waals surface area contributed by atoms with Gasteiger partial charge in [0.2, 0.25) is 35.4 Å². The number of aryl methyl sites for hydroxylation is 1. The fourth-order valence-corrected chi connectivity index (χ4v) is 8.73. The van der Waals surface area contributed by atoms with Gasteiger partial charge in [-0.05, 0) is 84.1 Å². The van der Waals surface area contributed by atoms with E-state index >= 15 is 0 Å². The van der Waals surface area contributed by atoms with Crippen molar-refractivity contribution in [1.29, 1.82) is 0 Å². The SMILES string of the molecule is CC(C)C[C@H](NC(=O)[C@@H]1C[C@@H](OCCCCc2ccccc2)CN1C(=O)CCOC(C)(C)CCOC(C)(C)C)C(=O)N[C@@H](Cc1cnc[nH]1)C(=O)N[C@@H](CO)C(=O)N[C@H](C(N)=O)C(C)CP(=O)(O)O. The van der Waals surface area contributed by atoms with Gasteiger partial charge in [0.05, 0.1) is 49.4 Å². The van der Waals surface area contributed by atoms with Gasteiger partial charge in [-0.15, -0.1) is 0 Å². The number of ether oxygens (including phenoxy) is 3. The summed E-state index contributed by atoms with van der Waals surface area (Å²) in [5, 5.41) is 20.3. The molecule has 10 N–H and O–H groups in total. The monoisotopic (exact) mass is 993 g/mol. The number of nitrogens with zero attached hydrogens (tertiary/aromatic N) is 2. The predicted octanol–water partition coefficient (Wildman–Crippen LogP) is 1.63. The molecular formula is C47H77N8O13P.